The summed E-state index contributed by atoms with van der Waals surface area (Å²) in [7, 11) is 0. The Balaban J connectivity index is 1.74. The Morgan fingerprint density at radius 2 is 2.00 bits per heavy atom. The average molecular weight is 465 g/mol. The molecule has 9 heteroatoms. The second-order valence-corrected chi connectivity index (χ2v) is 7.27. The maximum absolute atomic E-state index is 11.7. The fourth-order valence-electron chi connectivity index (χ4n) is 1.76. The van der Waals surface area contributed by atoms with Crippen LogP contribution in [-0.4, -0.2) is 23.5 Å². The first-order chi connectivity index (χ1) is 10.9. The molecular weight excluding hydrogens is 450 g/mol. The van der Waals surface area contributed by atoms with Crippen molar-refractivity contribution in [1.82, 2.24) is 16.2 Å². The standard InChI is InChI=1S/C14H15Br2N3O3S/c1-7-4-9(15)5-10(16)12(7)22-6-11(20)18-19-14(23)17-13(21)8-2-3-8/h4-5,8H,2-3,6H2,1H3,(H,18,20)(H2,17,19,21,23). The van der Waals surface area contributed by atoms with E-state index in [4.69, 9.17) is 17.0 Å². The van der Waals surface area contributed by atoms with Crippen LogP contribution in [0.15, 0.2) is 21.1 Å². The SMILES string of the molecule is Cc1cc(Br)cc(Br)c1OCC(=O)NNC(=S)NC(=O)C1CC1. The van der Waals surface area contributed by atoms with Gasteiger partial charge in [0.2, 0.25) is 5.91 Å². The lowest BCUT2D eigenvalue weighted by atomic mass is 10.2. The number of halogens is 2. The number of rotatable bonds is 4. The Labute approximate surface area is 155 Å². The van der Waals surface area contributed by atoms with Crippen LogP contribution in [0.3, 0.4) is 0 Å². The van der Waals surface area contributed by atoms with Crippen molar-refractivity contribution in [3.63, 3.8) is 0 Å². The molecule has 6 nitrogen and oxygen atoms in total. The van der Waals surface area contributed by atoms with Gasteiger partial charge in [0.25, 0.3) is 5.91 Å². The lowest BCUT2D eigenvalue weighted by Crippen LogP contribution is -2.50. The van der Waals surface area contributed by atoms with Crippen molar-refractivity contribution in [3.8, 4) is 5.75 Å². The number of hydrazine groups is 1. The van der Waals surface area contributed by atoms with E-state index >= 15 is 0 Å². The third kappa shape index (κ3) is 5.74. The van der Waals surface area contributed by atoms with E-state index in [2.05, 4.69) is 48.0 Å². The first-order valence-electron chi connectivity index (χ1n) is 6.85. The Morgan fingerprint density at radius 3 is 2.61 bits per heavy atom. The van der Waals surface area contributed by atoms with Crippen molar-refractivity contribution in [3.05, 3.63) is 26.6 Å². The van der Waals surface area contributed by atoms with Gasteiger partial charge in [-0.1, -0.05) is 15.9 Å². The van der Waals surface area contributed by atoms with Crippen LogP contribution in [0.1, 0.15) is 18.4 Å². The van der Waals surface area contributed by atoms with Crippen LogP contribution in [0.25, 0.3) is 0 Å². The Kier molecular flexibility index (Phi) is 6.37. The topological polar surface area (TPSA) is 79.5 Å². The van der Waals surface area contributed by atoms with Crippen LogP contribution in [0.5, 0.6) is 5.75 Å². The Bertz CT molecular complexity index is 627. The molecule has 23 heavy (non-hydrogen) atoms. The summed E-state index contributed by atoms with van der Waals surface area (Å²) < 4.78 is 7.16. The van der Waals surface area contributed by atoms with Crippen LogP contribution in [0.4, 0.5) is 0 Å². The number of amides is 2. The van der Waals surface area contributed by atoms with E-state index in [9.17, 15) is 9.59 Å². The molecule has 0 spiro atoms. The molecule has 0 unspecified atom stereocenters. The number of ether oxygens (including phenoxy) is 1. The highest BCUT2D eigenvalue weighted by molar-refractivity contribution is 9.11. The molecule has 0 radical (unpaired) electrons. The molecule has 0 atom stereocenters. The van der Waals surface area contributed by atoms with Gasteiger partial charge >= 0.3 is 0 Å². The summed E-state index contributed by atoms with van der Waals surface area (Å²) in [5.74, 6) is 0.101. The van der Waals surface area contributed by atoms with E-state index in [1.807, 2.05) is 19.1 Å². The molecule has 2 amide bonds. The average Bonchev–Trinajstić information content (AvgIpc) is 3.28. The first kappa shape index (κ1) is 18.2. The molecule has 0 aliphatic heterocycles. The van der Waals surface area contributed by atoms with Crippen molar-refractivity contribution in [2.45, 2.75) is 19.8 Å². The van der Waals surface area contributed by atoms with Crippen molar-refractivity contribution in [2.24, 2.45) is 5.92 Å². The minimum atomic E-state index is -0.415. The second-order valence-electron chi connectivity index (χ2n) is 5.09. The van der Waals surface area contributed by atoms with Gasteiger partial charge in [0, 0.05) is 10.4 Å². The van der Waals surface area contributed by atoms with Gasteiger partial charge in [-0.2, -0.15) is 0 Å². The minimum absolute atomic E-state index is 0.0477. The van der Waals surface area contributed by atoms with Gasteiger partial charge in [0.05, 0.1) is 4.47 Å². The third-order valence-electron chi connectivity index (χ3n) is 3.04. The molecular formula is C14H15Br2N3O3S. The summed E-state index contributed by atoms with van der Waals surface area (Å²) in [6.07, 6.45) is 1.77. The van der Waals surface area contributed by atoms with E-state index in [1.54, 1.807) is 0 Å². The number of thiocarbonyl (C=S) groups is 1. The van der Waals surface area contributed by atoms with Crippen LogP contribution in [-0.2, 0) is 9.59 Å². The number of hydrogen-bond acceptors (Lipinski definition) is 4. The predicted molar refractivity (Wildman–Crippen MR) is 96.8 cm³/mol. The molecule has 1 saturated carbocycles. The lowest BCUT2D eigenvalue weighted by Gasteiger charge is -2.13. The van der Waals surface area contributed by atoms with E-state index in [-0.39, 0.29) is 23.5 Å². The van der Waals surface area contributed by atoms with E-state index in [1.165, 1.54) is 0 Å². The largest absolute Gasteiger partial charge is 0.482 e. The van der Waals surface area contributed by atoms with Crippen molar-refractivity contribution in [1.29, 1.82) is 0 Å². The molecule has 0 bridgehead atoms. The summed E-state index contributed by atoms with van der Waals surface area (Å²) in [4.78, 5) is 23.2. The summed E-state index contributed by atoms with van der Waals surface area (Å²) in [6.45, 7) is 1.69. The summed E-state index contributed by atoms with van der Waals surface area (Å²) >= 11 is 11.7. The third-order valence-corrected chi connectivity index (χ3v) is 4.29. The maximum atomic E-state index is 11.7. The smallest absolute Gasteiger partial charge is 0.276 e. The Hall–Kier alpha value is -1.19. The zero-order chi connectivity index (χ0) is 17.0. The second kappa shape index (κ2) is 8.07. The van der Waals surface area contributed by atoms with Crippen molar-refractivity contribution >= 4 is 61.0 Å². The van der Waals surface area contributed by atoms with E-state index in [0.29, 0.717) is 5.75 Å². The highest BCUT2D eigenvalue weighted by Gasteiger charge is 2.30. The van der Waals surface area contributed by atoms with Gasteiger partial charge in [0.15, 0.2) is 11.7 Å². The van der Waals surface area contributed by atoms with Gasteiger partial charge in [0.1, 0.15) is 5.75 Å². The molecule has 1 aromatic carbocycles. The van der Waals surface area contributed by atoms with Gasteiger partial charge in [-0.15, -0.1) is 0 Å². The number of aryl methyl sites for hydroxylation is 1. The molecule has 1 fully saturated rings. The molecule has 0 heterocycles. The molecule has 1 aromatic rings. The van der Waals surface area contributed by atoms with Gasteiger partial charge in [-0.25, -0.2) is 0 Å². The van der Waals surface area contributed by atoms with Crippen molar-refractivity contribution < 1.29 is 14.3 Å². The molecule has 0 saturated heterocycles. The zero-order valence-electron chi connectivity index (χ0n) is 12.2. The van der Waals surface area contributed by atoms with Crippen LogP contribution in [0.2, 0.25) is 0 Å². The molecule has 1 aliphatic rings. The molecule has 3 N–H and O–H groups in total. The predicted octanol–water partition coefficient (Wildman–Crippen LogP) is 2.33. The minimum Gasteiger partial charge on any atom is -0.482 e. The molecule has 0 aromatic heterocycles. The zero-order valence-corrected chi connectivity index (χ0v) is 16.2. The number of nitrogens with one attached hydrogen (secondary N) is 3. The molecule has 1 aliphatic carbocycles. The van der Waals surface area contributed by atoms with E-state index in [0.717, 1.165) is 27.4 Å². The quantitative estimate of drug-likeness (QED) is 0.470. The van der Waals surface area contributed by atoms with Crippen LogP contribution >= 0.6 is 44.1 Å². The Morgan fingerprint density at radius 1 is 1.30 bits per heavy atom. The summed E-state index contributed by atoms with van der Waals surface area (Å²) in [6, 6.07) is 3.72. The summed E-state index contributed by atoms with van der Waals surface area (Å²) in [5.41, 5.74) is 5.73. The van der Waals surface area contributed by atoms with E-state index < -0.39 is 5.91 Å². The van der Waals surface area contributed by atoms with Crippen LogP contribution in [0, 0.1) is 12.8 Å². The fourth-order valence-corrected chi connectivity index (χ4v) is 3.47. The van der Waals surface area contributed by atoms with Gasteiger partial charge in [-0.05, 0) is 65.6 Å². The number of carbonyl (C=O) groups excluding carboxylic acids is 2. The maximum Gasteiger partial charge on any atom is 0.276 e. The van der Waals surface area contributed by atoms with Crippen LogP contribution < -0.4 is 20.9 Å². The molecule has 2 rings (SSSR count). The van der Waals surface area contributed by atoms with Crippen molar-refractivity contribution in [2.75, 3.05) is 6.61 Å². The monoisotopic (exact) mass is 463 g/mol. The number of carbonyl (C=O) groups is 2. The highest BCUT2D eigenvalue weighted by atomic mass is 79.9. The molecule has 124 valence electrons. The lowest BCUT2D eigenvalue weighted by molar-refractivity contribution is -0.124. The first-order valence-corrected chi connectivity index (χ1v) is 8.84. The summed E-state index contributed by atoms with van der Waals surface area (Å²) in [5, 5.41) is 2.57. The fraction of sp³-hybridized carbons (Fsp3) is 0.357. The number of benzene rings is 1. The van der Waals surface area contributed by atoms with Gasteiger partial charge < -0.3 is 10.1 Å². The van der Waals surface area contributed by atoms with Gasteiger partial charge in [-0.3, -0.25) is 20.4 Å². The number of hydrogen-bond donors (Lipinski definition) is 3. The highest BCUT2D eigenvalue weighted by Crippen LogP contribution is 2.32. The normalized spacial score (nSPS) is 13.2.